The van der Waals surface area contributed by atoms with Gasteiger partial charge in [-0.3, -0.25) is 0 Å². The number of allylic oxidation sites excluding steroid dienone is 1. The topological polar surface area (TPSA) is 52.0 Å². The highest BCUT2D eigenvalue weighted by molar-refractivity contribution is 6.30. The summed E-state index contributed by atoms with van der Waals surface area (Å²) in [5.74, 6) is 1.52. The molecule has 0 bridgehead atoms. The molecule has 3 aromatic rings. The monoisotopic (exact) mass is 338 g/mol. The van der Waals surface area contributed by atoms with Gasteiger partial charge in [-0.1, -0.05) is 35.9 Å². The fraction of sp³-hybridized carbons (Fsp3) is 0.111. The van der Waals surface area contributed by atoms with E-state index in [0.29, 0.717) is 11.0 Å². The van der Waals surface area contributed by atoms with Gasteiger partial charge in [-0.15, -0.1) is 0 Å². The Kier molecular flexibility index (Phi) is 3.70. The third-order valence-electron chi connectivity index (χ3n) is 4.00. The molecule has 24 heavy (non-hydrogen) atoms. The van der Waals surface area contributed by atoms with Crippen LogP contribution in [0.5, 0.6) is 5.75 Å². The van der Waals surface area contributed by atoms with Crippen LogP contribution in [0.1, 0.15) is 17.2 Å². The summed E-state index contributed by atoms with van der Waals surface area (Å²) in [5, 5.41) is 8.38. The van der Waals surface area contributed by atoms with Gasteiger partial charge in [0.1, 0.15) is 18.1 Å². The molecule has 0 unspecified atom stereocenters. The number of benzene rings is 2. The van der Waals surface area contributed by atoms with Gasteiger partial charge in [-0.2, -0.15) is 10.1 Å². The number of aromatic nitrogens is 3. The molecule has 2 aromatic carbocycles. The van der Waals surface area contributed by atoms with Crippen LogP contribution in [-0.4, -0.2) is 21.9 Å². The summed E-state index contributed by atoms with van der Waals surface area (Å²) in [6, 6.07) is 15.6. The Labute approximate surface area is 144 Å². The molecule has 0 spiro atoms. The van der Waals surface area contributed by atoms with Gasteiger partial charge >= 0.3 is 0 Å². The number of nitrogens with zero attached hydrogens (tertiary/aromatic N) is 3. The second-order valence-corrected chi connectivity index (χ2v) is 5.90. The third kappa shape index (κ3) is 2.63. The SMILES string of the molecule is COc1cccc([C@H]2C=C(c3ccc(Cl)cc3)Nc3ncnn32)c1. The van der Waals surface area contributed by atoms with E-state index in [-0.39, 0.29) is 6.04 Å². The first-order chi connectivity index (χ1) is 11.7. The van der Waals surface area contributed by atoms with Gasteiger partial charge in [0.05, 0.1) is 7.11 Å². The fourth-order valence-corrected chi connectivity index (χ4v) is 2.92. The molecule has 1 aromatic heterocycles. The molecule has 1 N–H and O–H groups in total. The number of hydrogen-bond acceptors (Lipinski definition) is 4. The Morgan fingerprint density at radius 3 is 2.79 bits per heavy atom. The van der Waals surface area contributed by atoms with E-state index in [9.17, 15) is 0 Å². The van der Waals surface area contributed by atoms with Crippen LogP contribution in [0.15, 0.2) is 60.9 Å². The van der Waals surface area contributed by atoms with E-state index in [0.717, 1.165) is 22.6 Å². The van der Waals surface area contributed by atoms with E-state index in [1.807, 2.05) is 47.1 Å². The average molecular weight is 339 g/mol. The van der Waals surface area contributed by atoms with Crippen LogP contribution in [-0.2, 0) is 0 Å². The molecular formula is C18H15ClN4O. The zero-order valence-corrected chi connectivity index (χ0v) is 13.7. The summed E-state index contributed by atoms with van der Waals surface area (Å²) in [7, 11) is 1.66. The van der Waals surface area contributed by atoms with E-state index < -0.39 is 0 Å². The van der Waals surface area contributed by atoms with E-state index in [1.165, 1.54) is 0 Å². The Morgan fingerprint density at radius 1 is 1.17 bits per heavy atom. The molecule has 0 amide bonds. The van der Waals surface area contributed by atoms with Gasteiger partial charge in [0.15, 0.2) is 0 Å². The summed E-state index contributed by atoms with van der Waals surface area (Å²) < 4.78 is 7.20. The Hall–Kier alpha value is -2.79. The predicted octanol–water partition coefficient (Wildman–Crippen LogP) is 4.00. The number of ether oxygens (including phenoxy) is 1. The number of hydrogen-bond donors (Lipinski definition) is 1. The maximum Gasteiger partial charge on any atom is 0.226 e. The molecule has 0 fully saturated rings. The van der Waals surface area contributed by atoms with Gasteiger partial charge < -0.3 is 10.1 Å². The van der Waals surface area contributed by atoms with Crippen LogP contribution in [0.4, 0.5) is 5.95 Å². The predicted molar refractivity (Wildman–Crippen MR) is 94.2 cm³/mol. The van der Waals surface area contributed by atoms with Crippen molar-refractivity contribution in [2.24, 2.45) is 0 Å². The van der Waals surface area contributed by atoms with Gasteiger partial charge in [0, 0.05) is 10.7 Å². The summed E-state index contributed by atoms with van der Waals surface area (Å²) in [4.78, 5) is 4.31. The standard InChI is InChI=1S/C18H15ClN4O/c1-24-15-4-2-3-13(9-15)17-10-16(12-5-7-14(19)8-6-12)22-18-20-11-21-23(17)18/h2-11,17H,1H3,(H,20,21,22)/t17-/m1/s1. The molecule has 0 saturated carbocycles. The van der Waals surface area contributed by atoms with Crippen LogP contribution in [0.25, 0.3) is 5.70 Å². The van der Waals surface area contributed by atoms with Crippen molar-refractivity contribution in [3.05, 3.63) is 77.1 Å². The first-order valence-electron chi connectivity index (χ1n) is 7.53. The third-order valence-corrected chi connectivity index (χ3v) is 4.25. The Bertz CT molecular complexity index is 901. The van der Waals surface area contributed by atoms with E-state index in [4.69, 9.17) is 16.3 Å². The van der Waals surface area contributed by atoms with Crippen LogP contribution in [0.2, 0.25) is 5.02 Å². The van der Waals surface area contributed by atoms with Crippen molar-refractivity contribution >= 4 is 23.2 Å². The lowest BCUT2D eigenvalue weighted by Gasteiger charge is -2.24. The first kappa shape index (κ1) is 14.8. The van der Waals surface area contributed by atoms with Crippen molar-refractivity contribution in [2.75, 3.05) is 12.4 Å². The first-order valence-corrected chi connectivity index (χ1v) is 7.90. The molecule has 2 heterocycles. The molecule has 6 heteroatoms. The molecule has 120 valence electrons. The number of nitrogens with one attached hydrogen (secondary N) is 1. The Balaban J connectivity index is 1.80. The summed E-state index contributed by atoms with van der Waals surface area (Å²) in [5.41, 5.74) is 3.09. The van der Waals surface area contributed by atoms with E-state index in [1.54, 1.807) is 13.4 Å². The normalized spacial score (nSPS) is 16.1. The highest BCUT2D eigenvalue weighted by atomic mass is 35.5. The maximum absolute atomic E-state index is 5.99. The van der Waals surface area contributed by atoms with Crippen LogP contribution >= 0.6 is 11.6 Å². The van der Waals surface area contributed by atoms with Crippen molar-refractivity contribution in [3.8, 4) is 5.75 Å². The molecule has 0 radical (unpaired) electrons. The zero-order chi connectivity index (χ0) is 16.5. The lowest BCUT2D eigenvalue weighted by Crippen LogP contribution is -2.20. The maximum atomic E-state index is 5.99. The number of fused-ring (bicyclic) bond motifs is 1. The Morgan fingerprint density at radius 2 is 2.00 bits per heavy atom. The molecule has 0 saturated heterocycles. The zero-order valence-electron chi connectivity index (χ0n) is 13.0. The second kappa shape index (κ2) is 6.02. The van der Waals surface area contributed by atoms with Crippen molar-refractivity contribution in [2.45, 2.75) is 6.04 Å². The van der Waals surface area contributed by atoms with Crippen molar-refractivity contribution in [3.63, 3.8) is 0 Å². The molecule has 1 atom stereocenters. The fourth-order valence-electron chi connectivity index (χ4n) is 2.79. The van der Waals surface area contributed by atoms with Gasteiger partial charge in [-0.25, -0.2) is 4.68 Å². The summed E-state index contributed by atoms with van der Waals surface area (Å²) in [6.07, 6.45) is 3.67. The minimum absolute atomic E-state index is 0.0653. The summed E-state index contributed by atoms with van der Waals surface area (Å²) >= 11 is 5.99. The molecule has 1 aliphatic rings. The van der Waals surface area contributed by atoms with Gasteiger partial charge in [0.2, 0.25) is 5.95 Å². The number of anilines is 1. The largest absolute Gasteiger partial charge is 0.497 e. The number of methoxy groups -OCH3 is 1. The lowest BCUT2D eigenvalue weighted by atomic mass is 10.0. The lowest BCUT2D eigenvalue weighted by molar-refractivity contribution is 0.413. The second-order valence-electron chi connectivity index (χ2n) is 5.46. The molecular weight excluding hydrogens is 324 g/mol. The highest BCUT2D eigenvalue weighted by Crippen LogP contribution is 2.33. The van der Waals surface area contributed by atoms with Crippen LogP contribution in [0.3, 0.4) is 0 Å². The van der Waals surface area contributed by atoms with Crippen LogP contribution < -0.4 is 10.1 Å². The average Bonchev–Trinajstić information content (AvgIpc) is 3.10. The van der Waals surface area contributed by atoms with E-state index >= 15 is 0 Å². The molecule has 4 rings (SSSR count). The molecule has 1 aliphatic heterocycles. The minimum atomic E-state index is -0.0653. The van der Waals surface area contributed by atoms with Crippen LogP contribution in [0, 0.1) is 0 Å². The highest BCUT2D eigenvalue weighted by Gasteiger charge is 2.23. The summed E-state index contributed by atoms with van der Waals surface area (Å²) in [6.45, 7) is 0. The van der Waals surface area contributed by atoms with Gasteiger partial charge in [0.25, 0.3) is 0 Å². The van der Waals surface area contributed by atoms with Crippen molar-refractivity contribution < 1.29 is 4.74 Å². The van der Waals surface area contributed by atoms with Crippen molar-refractivity contribution in [1.82, 2.24) is 14.8 Å². The number of halogens is 1. The number of rotatable bonds is 3. The smallest absolute Gasteiger partial charge is 0.226 e. The van der Waals surface area contributed by atoms with Crippen molar-refractivity contribution in [1.29, 1.82) is 0 Å². The van der Waals surface area contributed by atoms with Gasteiger partial charge in [-0.05, 0) is 41.5 Å². The minimum Gasteiger partial charge on any atom is -0.497 e. The van der Waals surface area contributed by atoms with E-state index in [2.05, 4.69) is 27.5 Å². The molecule has 5 nitrogen and oxygen atoms in total. The quantitative estimate of drug-likeness (QED) is 0.784. The molecule has 0 aliphatic carbocycles.